The van der Waals surface area contributed by atoms with Crippen molar-refractivity contribution in [1.82, 2.24) is 19.3 Å². The van der Waals surface area contributed by atoms with Crippen molar-refractivity contribution in [3.05, 3.63) is 49.2 Å². The van der Waals surface area contributed by atoms with Gasteiger partial charge in [0.05, 0.1) is 17.9 Å². The summed E-state index contributed by atoms with van der Waals surface area (Å²) in [6.07, 6.45) is 11.1. The van der Waals surface area contributed by atoms with E-state index in [4.69, 9.17) is 0 Å². The number of amides is 1. The largest absolute Gasteiger partial charge is 0.318 e. The maximum atomic E-state index is 12.5. The lowest BCUT2D eigenvalue weighted by atomic mass is 9.96. The van der Waals surface area contributed by atoms with E-state index in [0.29, 0.717) is 5.82 Å². The lowest BCUT2D eigenvalue weighted by Crippen LogP contribution is -2.36. The third-order valence-electron chi connectivity index (χ3n) is 4.83. The van der Waals surface area contributed by atoms with E-state index in [1.54, 1.807) is 18.6 Å². The van der Waals surface area contributed by atoms with E-state index in [1.807, 2.05) is 28.9 Å². The molecule has 0 aliphatic carbocycles. The van der Waals surface area contributed by atoms with Gasteiger partial charge in [-0.1, -0.05) is 0 Å². The average Bonchev–Trinajstić information content (AvgIpc) is 3.06. The molecule has 1 saturated heterocycles. The summed E-state index contributed by atoms with van der Waals surface area (Å²) in [5.74, 6) is 0.737. The van der Waals surface area contributed by atoms with Crippen molar-refractivity contribution in [2.24, 2.45) is 5.92 Å². The van der Waals surface area contributed by atoms with Crippen molar-refractivity contribution in [2.75, 3.05) is 25.5 Å². The summed E-state index contributed by atoms with van der Waals surface area (Å²) in [6.45, 7) is 1.94. The molecule has 3 aromatic rings. The number of piperidine rings is 1. The van der Waals surface area contributed by atoms with Crippen LogP contribution in [0.25, 0.3) is 16.6 Å². The predicted molar refractivity (Wildman–Crippen MR) is 97.3 cm³/mol. The quantitative estimate of drug-likeness (QED) is 0.799. The molecule has 1 aliphatic rings. The fraction of sp³-hybridized carbons (Fsp3) is 0.316. The number of aromatic nitrogens is 3. The van der Waals surface area contributed by atoms with Crippen LogP contribution in [0.2, 0.25) is 0 Å². The Labute approximate surface area is 146 Å². The summed E-state index contributed by atoms with van der Waals surface area (Å²) in [5, 5.41) is 2.97. The first-order valence-corrected chi connectivity index (χ1v) is 8.56. The van der Waals surface area contributed by atoms with E-state index in [0.717, 1.165) is 42.6 Å². The number of fused-ring (bicyclic) bond motifs is 1. The van der Waals surface area contributed by atoms with Crippen LogP contribution in [0.15, 0.2) is 49.2 Å². The smallest absolute Gasteiger partial charge is 0.228 e. The van der Waals surface area contributed by atoms with Crippen molar-refractivity contribution < 1.29 is 4.79 Å². The molecule has 1 amide bonds. The second-order valence-corrected chi connectivity index (χ2v) is 6.64. The van der Waals surface area contributed by atoms with Gasteiger partial charge in [0, 0.05) is 30.1 Å². The van der Waals surface area contributed by atoms with Crippen LogP contribution in [-0.4, -0.2) is 45.3 Å². The van der Waals surface area contributed by atoms with Gasteiger partial charge in [0.2, 0.25) is 5.91 Å². The maximum Gasteiger partial charge on any atom is 0.228 e. The second-order valence-electron chi connectivity index (χ2n) is 6.64. The minimum atomic E-state index is 0.0708. The molecule has 0 aromatic carbocycles. The molecule has 4 heterocycles. The number of nitrogens with zero attached hydrogens (tertiary/aromatic N) is 4. The lowest BCUT2D eigenvalue weighted by molar-refractivity contribution is -0.121. The molecule has 1 N–H and O–H groups in total. The van der Waals surface area contributed by atoms with E-state index in [1.165, 1.54) is 0 Å². The standard InChI is InChI=1S/C19H21N5O/c1-23-8-4-15(5-9-23)19(25)22-18-13-24-12-16(10-17(24)11-21-18)14-2-6-20-7-3-14/h2-3,6-7,10-13,15H,4-5,8-9H2,1H3,(H,22,25). The molecule has 25 heavy (non-hydrogen) atoms. The Morgan fingerprint density at radius 2 is 1.92 bits per heavy atom. The summed E-state index contributed by atoms with van der Waals surface area (Å²) in [5.41, 5.74) is 3.20. The SMILES string of the molecule is CN1CCC(C(=O)Nc2cn3cc(-c4ccncc4)cc3cn2)CC1. The number of hydrogen-bond donors (Lipinski definition) is 1. The lowest BCUT2D eigenvalue weighted by Gasteiger charge is -2.27. The van der Waals surface area contributed by atoms with Crippen molar-refractivity contribution in [2.45, 2.75) is 12.8 Å². The highest BCUT2D eigenvalue weighted by Crippen LogP contribution is 2.23. The third kappa shape index (κ3) is 3.39. The zero-order valence-corrected chi connectivity index (χ0v) is 14.2. The fourth-order valence-electron chi connectivity index (χ4n) is 3.28. The van der Waals surface area contributed by atoms with Crippen molar-refractivity contribution in [3.8, 4) is 11.1 Å². The van der Waals surface area contributed by atoms with Crippen LogP contribution in [0.4, 0.5) is 5.82 Å². The molecule has 0 saturated carbocycles. The number of carbonyl (C=O) groups excluding carboxylic acids is 1. The van der Waals surface area contributed by atoms with Gasteiger partial charge >= 0.3 is 0 Å². The molecule has 1 aliphatic heterocycles. The first-order valence-electron chi connectivity index (χ1n) is 8.56. The highest BCUT2D eigenvalue weighted by molar-refractivity contribution is 5.91. The number of rotatable bonds is 3. The van der Waals surface area contributed by atoms with Crippen LogP contribution in [0, 0.1) is 5.92 Å². The van der Waals surface area contributed by atoms with Gasteiger partial charge in [-0.15, -0.1) is 0 Å². The summed E-state index contributed by atoms with van der Waals surface area (Å²) in [7, 11) is 2.09. The molecular formula is C19H21N5O. The monoisotopic (exact) mass is 335 g/mol. The van der Waals surface area contributed by atoms with Gasteiger partial charge in [-0.05, 0) is 56.7 Å². The molecule has 6 nitrogen and oxygen atoms in total. The summed E-state index contributed by atoms with van der Waals surface area (Å²) >= 11 is 0. The van der Waals surface area contributed by atoms with Gasteiger partial charge in [-0.3, -0.25) is 9.78 Å². The summed E-state index contributed by atoms with van der Waals surface area (Å²) in [4.78, 5) is 23.1. The normalized spacial score (nSPS) is 16.2. The van der Waals surface area contributed by atoms with Gasteiger partial charge in [-0.25, -0.2) is 4.98 Å². The van der Waals surface area contributed by atoms with E-state index in [-0.39, 0.29) is 11.8 Å². The van der Waals surface area contributed by atoms with Crippen LogP contribution in [0.3, 0.4) is 0 Å². The van der Waals surface area contributed by atoms with Gasteiger partial charge in [0.15, 0.2) is 0 Å². The van der Waals surface area contributed by atoms with Crippen LogP contribution in [0.1, 0.15) is 12.8 Å². The first-order chi connectivity index (χ1) is 12.2. The third-order valence-corrected chi connectivity index (χ3v) is 4.83. The molecule has 0 spiro atoms. The Morgan fingerprint density at radius 3 is 2.68 bits per heavy atom. The molecule has 0 radical (unpaired) electrons. The number of likely N-dealkylation sites (tertiary alicyclic amines) is 1. The molecule has 1 fully saturated rings. The molecule has 6 heteroatoms. The van der Waals surface area contributed by atoms with E-state index in [9.17, 15) is 4.79 Å². The fourth-order valence-corrected chi connectivity index (χ4v) is 3.28. The minimum Gasteiger partial charge on any atom is -0.318 e. The van der Waals surface area contributed by atoms with Crippen LogP contribution in [0.5, 0.6) is 0 Å². The Hall–Kier alpha value is -2.73. The number of nitrogens with one attached hydrogen (secondary N) is 1. The van der Waals surface area contributed by atoms with E-state index in [2.05, 4.69) is 33.3 Å². The molecule has 0 bridgehead atoms. The Bertz CT molecular complexity index is 881. The zero-order valence-electron chi connectivity index (χ0n) is 14.2. The van der Waals surface area contributed by atoms with Gasteiger partial charge in [0.25, 0.3) is 0 Å². The first kappa shape index (κ1) is 15.8. The van der Waals surface area contributed by atoms with Crippen LogP contribution >= 0.6 is 0 Å². The molecule has 3 aromatic heterocycles. The topological polar surface area (TPSA) is 62.5 Å². The number of pyridine rings is 1. The van der Waals surface area contributed by atoms with Crippen LogP contribution in [-0.2, 0) is 4.79 Å². The zero-order chi connectivity index (χ0) is 17.2. The highest BCUT2D eigenvalue weighted by Gasteiger charge is 2.23. The second kappa shape index (κ2) is 6.64. The summed E-state index contributed by atoms with van der Waals surface area (Å²) < 4.78 is 1.99. The number of anilines is 1. The molecular weight excluding hydrogens is 314 g/mol. The van der Waals surface area contributed by atoms with Crippen molar-refractivity contribution in [3.63, 3.8) is 0 Å². The van der Waals surface area contributed by atoms with Crippen molar-refractivity contribution in [1.29, 1.82) is 0 Å². The van der Waals surface area contributed by atoms with Gasteiger partial charge < -0.3 is 14.6 Å². The van der Waals surface area contributed by atoms with Crippen molar-refractivity contribution >= 4 is 17.2 Å². The maximum absolute atomic E-state index is 12.5. The molecule has 4 rings (SSSR count). The molecule has 128 valence electrons. The Kier molecular flexibility index (Phi) is 4.19. The summed E-state index contributed by atoms with van der Waals surface area (Å²) in [6, 6.07) is 6.03. The van der Waals surface area contributed by atoms with E-state index >= 15 is 0 Å². The molecule has 0 atom stereocenters. The number of hydrogen-bond acceptors (Lipinski definition) is 4. The molecule has 0 unspecified atom stereocenters. The van der Waals surface area contributed by atoms with E-state index < -0.39 is 0 Å². The Morgan fingerprint density at radius 1 is 1.16 bits per heavy atom. The number of carbonyl (C=O) groups is 1. The minimum absolute atomic E-state index is 0.0708. The van der Waals surface area contributed by atoms with Gasteiger partial charge in [0.1, 0.15) is 5.82 Å². The average molecular weight is 335 g/mol. The van der Waals surface area contributed by atoms with Gasteiger partial charge in [-0.2, -0.15) is 0 Å². The Balaban J connectivity index is 1.52. The highest BCUT2D eigenvalue weighted by atomic mass is 16.1. The predicted octanol–water partition coefficient (Wildman–Crippen LogP) is 2.68. The van der Waals surface area contributed by atoms with Crippen LogP contribution < -0.4 is 5.32 Å².